The van der Waals surface area contributed by atoms with Crippen LogP contribution in [0, 0.1) is 6.92 Å². The molecule has 0 radical (unpaired) electrons. The second-order valence-electron chi connectivity index (χ2n) is 7.17. The smallest absolute Gasteiger partial charge is 0.127 e. The van der Waals surface area contributed by atoms with Gasteiger partial charge in [-0.15, -0.1) is 0 Å². The molecule has 3 aromatic rings. The van der Waals surface area contributed by atoms with Crippen LogP contribution in [-0.2, 0) is 6.54 Å². The van der Waals surface area contributed by atoms with Gasteiger partial charge in [0.05, 0.1) is 5.52 Å². The summed E-state index contributed by atoms with van der Waals surface area (Å²) in [7, 11) is 0. The standard InChI is InChI=1S/C22H24ClN3/c1-16-13-22(25-21-14-18(23)7-8-20(16)21)24-19-9-11-26(12-10-19)15-17-5-3-2-4-6-17/h2-8,13-14,19H,9-12,15H2,1H3,(H,24,25). The van der Waals surface area contributed by atoms with Crippen molar-refractivity contribution in [2.24, 2.45) is 0 Å². The SMILES string of the molecule is Cc1cc(NC2CCN(Cc3ccccc3)CC2)nc2cc(Cl)ccc12. The van der Waals surface area contributed by atoms with Crippen LogP contribution in [0.5, 0.6) is 0 Å². The van der Waals surface area contributed by atoms with Gasteiger partial charge in [0.15, 0.2) is 0 Å². The molecule has 4 rings (SSSR count). The first kappa shape index (κ1) is 17.3. The average Bonchev–Trinajstić information content (AvgIpc) is 2.64. The molecule has 4 heteroatoms. The number of halogens is 1. The highest BCUT2D eigenvalue weighted by molar-refractivity contribution is 6.31. The van der Waals surface area contributed by atoms with Gasteiger partial charge in [-0.25, -0.2) is 4.98 Å². The Balaban J connectivity index is 1.39. The molecule has 0 atom stereocenters. The first-order chi connectivity index (χ1) is 12.7. The summed E-state index contributed by atoms with van der Waals surface area (Å²) in [6, 6.07) is 19.3. The van der Waals surface area contributed by atoms with Crippen LogP contribution >= 0.6 is 11.6 Å². The topological polar surface area (TPSA) is 28.2 Å². The molecule has 1 saturated heterocycles. The van der Waals surface area contributed by atoms with Crippen LogP contribution < -0.4 is 5.32 Å². The lowest BCUT2D eigenvalue weighted by atomic mass is 10.0. The minimum Gasteiger partial charge on any atom is -0.367 e. The van der Waals surface area contributed by atoms with E-state index in [0.717, 1.165) is 54.2 Å². The maximum absolute atomic E-state index is 6.13. The third-order valence-electron chi connectivity index (χ3n) is 5.17. The first-order valence-electron chi connectivity index (χ1n) is 9.27. The second kappa shape index (κ2) is 7.65. The summed E-state index contributed by atoms with van der Waals surface area (Å²) >= 11 is 6.13. The number of fused-ring (bicyclic) bond motifs is 1. The first-order valence-corrected chi connectivity index (χ1v) is 9.65. The number of hydrogen-bond donors (Lipinski definition) is 1. The van der Waals surface area contributed by atoms with E-state index in [9.17, 15) is 0 Å². The summed E-state index contributed by atoms with van der Waals surface area (Å²) < 4.78 is 0. The Morgan fingerprint density at radius 3 is 2.62 bits per heavy atom. The molecule has 1 fully saturated rings. The fourth-order valence-electron chi connectivity index (χ4n) is 3.74. The average molecular weight is 366 g/mol. The van der Waals surface area contributed by atoms with Gasteiger partial charge in [-0.05, 0) is 49.1 Å². The van der Waals surface area contributed by atoms with Crippen molar-refractivity contribution in [1.29, 1.82) is 0 Å². The van der Waals surface area contributed by atoms with Gasteiger partial charge in [0.1, 0.15) is 5.82 Å². The Kier molecular flexibility index (Phi) is 5.09. The largest absolute Gasteiger partial charge is 0.367 e. The summed E-state index contributed by atoms with van der Waals surface area (Å²) in [5, 5.41) is 5.53. The molecule has 2 aromatic carbocycles. The minimum atomic E-state index is 0.477. The molecule has 0 amide bonds. The predicted octanol–water partition coefficient (Wildman–Crippen LogP) is 5.27. The summed E-state index contributed by atoms with van der Waals surface area (Å²) in [6.45, 7) is 5.40. The number of aromatic nitrogens is 1. The monoisotopic (exact) mass is 365 g/mol. The van der Waals surface area contributed by atoms with Gasteiger partial charge in [-0.2, -0.15) is 0 Å². The number of piperidine rings is 1. The van der Waals surface area contributed by atoms with E-state index in [4.69, 9.17) is 16.6 Å². The molecule has 0 spiro atoms. The van der Waals surface area contributed by atoms with Crippen LogP contribution in [0.25, 0.3) is 10.9 Å². The number of pyridine rings is 1. The number of likely N-dealkylation sites (tertiary alicyclic amines) is 1. The molecule has 0 bridgehead atoms. The third kappa shape index (κ3) is 4.00. The summed E-state index contributed by atoms with van der Waals surface area (Å²) in [5.74, 6) is 0.957. The normalized spacial score (nSPS) is 16.1. The Labute approximate surface area is 160 Å². The van der Waals surface area contributed by atoms with Crippen molar-refractivity contribution < 1.29 is 0 Å². The highest BCUT2D eigenvalue weighted by atomic mass is 35.5. The lowest BCUT2D eigenvalue weighted by molar-refractivity contribution is 0.211. The van der Waals surface area contributed by atoms with E-state index in [1.165, 1.54) is 11.1 Å². The van der Waals surface area contributed by atoms with Gasteiger partial charge < -0.3 is 5.32 Å². The van der Waals surface area contributed by atoms with Gasteiger partial charge in [0.25, 0.3) is 0 Å². The van der Waals surface area contributed by atoms with E-state index < -0.39 is 0 Å². The van der Waals surface area contributed by atoms with Gasteiger partial charge in [-0.1, -0.05) is 48.0 Å². The number of hydrogen-bond acceptors (Lipinski definition) is 3. The van der Waals surface area contributed by atoms with Gasteiger partial charge >= 0.3 is 0 Å². The fraction of sp³-hybridized carbons (Fsp3) is 0.318. The van der Waals surface area contributed by atoms with Crippen molar-refractivity contribution >= 4 is 28.3 Å². The van der Waals surface area contributed by atoms with E-state index in [-0.39, 0.29) is 0 Å². The number of aryl methyl sites for hydroxylation is 1. The van der Waals surface area contributed by atoms with E-state index in [2.05, 4.69) is 53.5 Å². The lowest BCUT2D eigenvalue weighted by Crippen LogP contribution is -2.38. The predicted molar refractivity (Wildman–Crippen MR) is 110 cm³/mol. The van der Waals surface area contributed by atoms with Crippen LogP contribution in [0.3, 0.4) is 0 Å². The molecule has 26 heavy (non-hydrogen) atoms. The molecule has 0 aliphatic carbocycles. The van der Waals surface area contributed by atoms with Gasteiger partial charge in [0.2, 0.25) is 0 Å². The lowest BCUT2D eigenvalue weighted by Gasteiger charge is -2.32. The molecule has 0 saturated carbocycles. The maximum atomic E-state index is 6.13. The number of nitrogens with zero attached hydrogens (tertiary/aromatic N) is 2. The molecule has 2 heterocycles. The number of rotatable bonds is 4. The van der Waals surface area contributed by atoms with Crippen molar-refractivity contribution in [3.8, 4) is 0 Å². The zero-order valence-corrected chi connectivity index (χ0v) is 15.8. The van der Waals surface area contributed by atoms with Crippen LogP contribution in [-0.4, -0.2) is 29.0 Å². The Hall–Kier alpha value is -2.10. The van der Waals surface area contributed by atoms with E-state index in [0.29, 0.717) is 6.04 Å². The highest BCUT2D eigenvalue weighted by Gasteiger charge is 2.19. The summed E-state index contributed by atoms with van der Waals surface area (Å²) in [4.78, 5) is 7.30. The summed E-state index contributed by atoms with van der Waals surface area (Å²) in [5.41, 5.74) is 3.58. The Bertz CT molecular complexity index is 887. The molecule has 3 nitrogen and oxygen atoms in total. The molecule has 1 aliphatic rings. The minimum absolute atomic E-state index is 0.477. The summed E-state index contributed by atoms with van der Waals surface area (Å²) in [6.07, 6.45) is 2.28. The Morgan fingerprint density at radius 2 is 1.85 bits per heavy atom. The molecule has 1 aromatic heterocycles. The number of nitrogens with one attached hydrogen (secondary N) is 1. The van der Waals surface area contributed by atoms with E-state index >= 15 is 0 Å². The number of anilines is 1. The van der Waals surface area contributed by atoms with Crippen molar-refractivity contribution in [3.63, 3.8) is 0 Å². The van der Waals surface area contributed by atoms with Crippen LogP contribution in [0.2, 0.25) is 5.02 Å². The fourth-order valence-corrected chi connectivity index (χ4v) is 3.90. The second-order valence-corrected chi connectivity index (χ2v) is 7.60. The molecular weight excluding hydrogens is 342 g/mol. The zero-order valence-electron chi connectivity index (χ0n) is 15.1. The third-order valence-corrected chi connectivity index (χ3v) is 5.40. The van der Waals surface area contributed by atoms with Crippen molar-refractivity contribution in [1.82, 2.24) is 9.88 Å². The number of benzene rings is 2. The van der Waals surface area contributed by atoms with Crippen LogP contribution in [0.1, 0.15) is 24.0 Å². The van der Waals surface area contributed by atoms with Crippen molar-refractivity contribution in [2.45, 2.75) is 32.4 Å². The highest BCUT2D eigenvalue weighted by Crippen LogP contribution is 2.25. The van der Waals surface area contributed by atoms with Gasteiger partial charge in [-0.3, -0.25) is 4.90 Å². The van der Waals surface area contributed by atoms with Crippen molar-refractivity contribution in [2.75, 3.05) is 18.4 Å². The van der Waals surface area contributed by atoms with E-state index in [1.54, 1.807) is 0 Å². The van der Waals surface area contributed by atoms with Crippen LogP contribution in [0.4, 0.5) is 5.82 Å². The zero-order chi connectivity index (χ0) is 17.9. The van der Waals surface area contributed by atoms with Gasteiger partial charge in [0, 0.05) is 36.1 Å². The molecule has 1 aliphatic heterocycles. The Morgan fingerprint density at radius 1 is 1.08 bits per heavy atom. The molecular formula is C22H24ClN3. The maximum Gasteiger partial charge on any atom is 0.127 e. The molecule has 0 unspecified atom stereocenters. The van der Waals surface area contributed by atoms with Crippen molar-refractivity contribution in [3.05, 3.63) is 70.7 Å². The van der Waals surface area contributed by atoms with Crippen LogP contribution in [0.15, 0.2) is 54.6 Å². The molecule has 134 valence electrons. The molecule has 1 N–H and O–H groups in total. The quantitative estimate of drug-likeness (QED) is 0.682. The van der Waals surface area contributed by atoms with E-state index in [1.807, 2.05) is 18.2 Å².